The van der Waals surface area contributed by atoms with Crippen LogP contribution >= 0.6 is 0 Å². The predicted molar refractivity (Wildman–Crippen MR) is 76.7 cm³/mol. The lowest BCUT2D eigenvalue weighted by Crippen LogP contribution is -2.36. The van der Waals surface area contributed by atoms with Crippen molar-refractivity contribution in [2.45, 2.75) is 31.2 Å². The van der Waals surface area contributed by atoms with Crippen LogP contribution in [0.2, 0.25) is 0 Å². The minimum absolute atomic E-state index is 0.0212. The third-order valence-electron chi connectivity index (χ3n) is 3.34. The van der Waals surface area contributed by atoms with E-state index in [0.717, 1.165) is 6.42 Å². The molecular weight excluding hydrogens is 264 g/mol. The molecule has 1 rings (SSSR count). The zero-order chi connectivity index (χ0) is 14.4. The van der Waals surface area contributed by atoms with Crippen LogP contribution in [0.5, 0.6) is 0 Å². The van der Waals surface area contributed by atoms with Crippen molar-refractivity contribution in [3.8, 4) is 0 Å². The molecule has 0 amide bonds. The summed E-state index contributed by atoms with van der Waals surface area (Å²) in [6, 6.07) is 6.10. The van der Waals surface area contributed by atoms with Crippen LogP contribution in [0.3, 0.4) is 0 Å². The summed E-state index contributed by atoms with van der Waals surface area (Å²) in [5.41, 5.74) is 0.0212. The van der Waals surface area contributed by atoms with Gasteiger partial charge in [-0.05, 0) is 25.1 Å². The number of hydrogen-bond donors (Lipinski definition) is 1. The lowest BCUT2D eigenvalue weighted by atomic mass is 10.0. The number of hydrogen-bond acceptors (Lipinski definition) is 4. The van der Waals surface area contributed by atoms with Crippen molar-refractivity contribution in [3.05, 3.63) is 34.4 Å². The maximum absolute atomic E-state index is 12.2. The van der Waals surface area contributed by atoms with Crippen molar-refractivity contribution in [2.24, 2.45) is 5.92 Å². The summed E-state index contributed by atoms with van der Waals surface area (Å²) in [6.07, 6.45) is 1.02. The third kappa shape index (κ3) is 4.40. The Kier molecular flexibility index (Phi) is 6.11. The molecule has 3 unspecified atom stereocenters. The molecular formula is C13H20N2O3S. The first-order chi connectivity index (χ1) is 8.99. The van der Waals surface area contributed by atoms with Crippen molar-refractivity contribution in [1.29, 1.82) is 0 Å². The van der Waals surface area contributed by atoms with E-state index in [9.17, 15) is 14.3 Å². The first-order valence-corrected chi connectivity index (χ1v) is 7.61. The van der Waals surface area contributed by atoms with Gasteiger partial charge in [0.25, 0.3) is 5.69 Å². The highest BCUT2D eigenvalue weighted by atomic mass is 32.2. The molecule has 106 valence electrons. The summed E-state index contributed by atoms with van der Waals surface area (Å²) in [5.74, 6) is 0.954. The van der Waals surface area contributed by atoms with Gasteiger partial charge < -0.3 is 5.32 Å². The Morgan fingerprint density at radius 1 is 1.37 bits per heavy atom. The average Bonchev–Trinajstić information content (AvgIpc) is 2.43. The zero-order valence-corrected chi connectivity index (χ0v) is 12.3. The lowest BCUT2D eigenvalue weighted by Gasteiger charge is -2.21. The van der Waals surface area contributed by atoms with Crippen LogP contribution in [0, 0.1) is 16.0 Å². The fourth-order valence-electron chi connectivity index (χ4n) is 1.80. The fourth-order valence-corrected chi connectivity index (χ4v) is 3.25. The second kappa shape index (κ2) is 7.35. The quantitative estimate of drug-likeness (QED) is 0.616. The molecule has 1 aromatic carbocycles. The van der Waals surface area contributed by atoms with Crippen molar-refractivity contribution in [3.63, 3.8) is 0 Å². The highest BCUT2D eigenvalue weighted by Crippen LogP contribution is 2.17. The van der Waals surface area contributed by atoms with Crippen molar-refractivity contribution in [1.82, 2.24) is 5.32 Å². The topological polar surface area (TPSA) is 72.2 Å². The summed E-state index contributed by atoms with van der Waals surface area (Å²) in [7, 11) is 0.723. The minimum atomic E-state index is -1.14. The number of nitrogens with one attached hydrogen (secondary N) is 1. The number of rotatable bonds is 7. The van der Waals surface area contributed by atoms with Crippen LogP contribution in [0.4, 0.5) is 5.69 Å². The lowest BCUT2D eigenvalue weighted by molar-refractivity contribution is -0.384. The van der Waals surface area contributed by atoms with Gasteiger partial charge in [0, 0.05) is 28.8 Å². The Labute approximate surface area is 116 Å². The highest BCUT2D eigenvalue weighted by molar-refractivity contribution is 7.85. The van der Waals surface area contributed by atoms with Crippen LogP contribution in [0.25, 0.3) is 0 Å². The Bertz CT molecular complexity index is 448. The molecule has 19 heavy (non-hydrogen) atoms. The largest absolute Gasteiger partial charge is 0.316 e. The van der Waals surface area contributed by atoms with Gasteiger partial charge in [-0.25, -0.2) is 0 Å². The Morgan fingerprint density at radius 2 is 1.95 bits per heavy atom. The fraction of sp³-hybridized carbons (Fsp3) is 0.538. The molecule has 5 nitrogen and oxygen atoms in total. The number of benzene rings is 1. The van der Waals surface area contributed by atoms with E-state index >= 15 is 0 Å². The van der Waals surface area contributed by atoms with E-state index < -0.39 is 15.7 Å². The van der Waals surface area contributed by atoms with E-state index in [0.29, 0.717) is 16.6 Å². The van der Waals surface area contributed by atoms with Gasteiger partial charge in [-0.3, -0.25) is 14.3 Å². The van der Waals surface area contributed by atoms with Crippen molar-refractivity contribution in [2.75, 3.05) is 12.8 Å². The molecule has 1 aromatic rings. The van der Waals surface area contributed by atoms with E-state index in [2.05, 4.69) is 19.2 Å². The molecule has 0 saturated carbocycles. The normalized spacial score (nSPS) is 15.7. The molecule has 0 saturated heterocycles. The summed E-state index contributed by atoms with van der Waals surface area (Å²) < 4.78 is 12.2. The summed E-state index contributed by atoms with van der Waals surface area (Å²) >= 11 is 0. The molecule has 6 heteroatoms. The molecule has 0 fully saturated rings. The Hall–Kier alpha value is -1.27. The monoisotopic (exact) mass is 284 g/mol. The van der Waals surface area contributed by atoms with E-state index in [1.54, 1.807) is 12.1 Å². The molecule has 0 aromatic heterocycles. The average molecular weight is 284 g/mol. The first-order valence-electron chi connectivity index (χ1n) is 6.29. The van der Waals surface area contributed by atoms with Gasteiger partial charge >= 0.3 is 0 Å². The molecule has 0 aliphatic carbocycles. The van der Waals surface area contributed by atoms with Crippen LogP contribution in [0.1, 0.15) is 20.3 Å². The van der Waals surface area contributed by atoms with E-state index in [-0.39, 0.29) is 11.7 Å². The third-order valence-corrected chi connectivity index (χ3v) is 4.80. The molecule has 0 bridgehead atoms. The number of nitrogens with zero attached hydrogens (tertiary/aromatic N) is 1. The Balaban J connectivity index is 2.74. The van der Waals surface area contributed by atoms with Crippen molar-refractivity contribution >= 4 is 16.5 Å². The number of non-ortho nitro benzene ring substituents is 1. The van der Waals surface area contributed by atoms with Gasteiger partial charge in [-0.2, -0.15) is 0 Å². The summed E-state index contributed by atoms with van der Waals surface area (Å²) in [5, 5.41) is 13.7. The first kappa shape index (κ1) is 15.8. The molecule has 0 radical (unpaired) electrons. The maximum Gasteiger partial charge on any atom is 0.269 e. The van der Waals surface area contributed by atoms with Crippen LogP contribution < -0.4 is 5.32 Å². The molecule has 0 aliphatic rings. The molecule has 0 aliphatic heterocycles. The van der Waals surface area contributed by atoms with E-state index in [1.807, 2.05) is 7.05 Å². The van der Waals surface area contributed by atoms with Crippen LogP contribution in [0.15, 0.2) is 29.2 Å². The predicted octanol–water partition coefficient (Wildman–Crippen LogP) is 2.34. The summed E-state index contributed by atoms with van der Waals surface area (Å²) in [4.78, 5) is 10.7. The number of nitro benzene ring substituents is 1. The minimum Gasteiger partial charge on any atom is -0.316 e. The summed E-state index contributed by atoms with van der Waals surface area (Å²) in [6.45, 7) is 4.22. The second-order valence-corrected chi connectivity index (χ2v) is 6.04. The molecule has 0 heterocycles. The van der Waals surface area contributed by atoms with Gasteiger partial charge in [0.15, 0.2) is 0 Å². The van der Waals surface area contributed by atoms with Gasteiger partial charge in [-0.15, -0.1) is 0 Å². The second-order valence-electron chi connectivity index (χ2n) is 4.54. The molecule has 1 N–H and O–H groups in total. The standard InChI is InChI=1S/C13H20N2O3S/c1-4-10(2)13(14-3)9-19(18)12-7-5-11(6-8-12)15(16)17/h5-8,10,13-14H,4,9H2,1-3H3. The van der Waals surface area contributed by atoms with Gasteiger partial charge in [0.1, 0.15) is 0 Å². The SMILES string of the molecule is CCC(C)C(CS(=O)c1ccc([N+](=O)[O-])cc1)NC. The van der Waals surface area contributed by atoms with Crippen molar-refractivity contribution < 1.29 is 9.13 Å². The van der Waals surface area contributed by atoms with E-state index in [4.69, 9.17) is 0 Å². The van der Waals surface area contributed by atoms with Crippen LogP contribution in [-0.2, 0) is 10.8 Å². The smallest absolute Gasteiger partial charge is 0.269 e. The Morgan fingerprint density at radius 3 is 2.37 bits per heavy atom. The number of nitro groups is 1. The van der Waals surface area contributed by atoms with Gasteiger partial charge in [0.05, 0.1) is 15.7 Å². The maximum atomic E-state index is 12.2. The van der Waals surface area contributed by atoms with Crippen LogP contribution in [-0.4, -0.2) is 28.0 Å². The zero-order valence-electron chi connectivity index (χ0n) is 11.5. The molecule has 0 spiro atoms. The van der Waals surface area contributed by atoms with Gasteiger partial charge in [-0.1, -0.05) is 20.3 Å². The molecule has 3 atom stereocenters. The van der Waals surface area contributed by atoms with E-state index in [1.165, 1.54) is 12.1 Å². The highest BCUT2D eigenvalue weighted by Gasteiger charge is 2.18. The van der Waals surface area contributed by atoms with Gasteiger partial charge in [0.2, 0.25) is 0 Å².